The van der Waals surface area contributed by atoms with Crippen LogP contribution in [0.3, 0.4) is 0 Å². The minimum absolute atomic E-state index is 0.0310. The van der Waals surface area contributed by atoms with E-state index in [0.29, 0.717) is 44.2 Å². The summed E-state index contributed by atoms with van der Waals surface area (Å²) in [4.78, 5) is 23.3. The Bertz CT molecular complexity index is 469. The van der Waals surface area contributed by atoms with E-state index in [1.165, 1.54) is 0 Å². The lowest BCUT2D eigenvalue weighted by Gasteiger charge is -2.08. The van der Waals surface area contributed by atoms with Crippen molar-refractivity contribution in [3.8, 4) is 0 Å². The van der Waals surface area contributed by atoms with Crippen LogP contribution in [0.2, 0.25) is 0 Å². The molecule has 0 bridgehead atoms. The molecule has 0 fully saturated rings. The third-order valence-electron chi connectivity index (χ3n) is 2.97. The molecule has 0 atom stereocenters. The molecule has 5 heteroatoms. The van der Waals surface area contributed by atoms with Crippen LogP contribution in [0.4, 0.5) is 0 Å². The molecule has 0 spiro atoms. The molecule has 0 heterocycles. The SMILES string of the molecule is CCNC(=O)c1ccc(CNC(=O)CCOCC(C)C)cc1. The normalized spacial score (nSPS) is 10.5. The summed E-state index contributed by atoms with van der Waals surface area (Å²) in [5.41, 5.74) is 1.59. The van der Waals surface area contributed by atoms with Gasteiger partial charge in [-0.15, -0.1) is 0 Å². The molecule has 122 valence electrons. The molecule has 2 N–H and O–H groups in total. The Hall–Kier alpha value is -1.88. The number of carbonyl (C=O) groups is 2. The molecule has 0 aliphatic heterocycles. The monoisotopic (exact) mass is 306 g/mol. The summed E-state index contributed by atoms with van der Waals surface area (Å²) in [6.07, 6.45) is 0.365. The van der Waals surface area contributed by atoms with E-state index in [0.717, 1.165) is 5.56 Å². The summed E-state index contributed by atoms with van der Waals surface area (Å²) in [6.45, 7) is 8.21. The van der Waals surface area contributed by atoms with Crippen molar-refractivity contribution < 1.29 is 14.3 Å². The van der Waals surface area contributed by atoms with Crippen LogP contribution in [-0.4, -0.2) is 31.6 Å². The van der Waals surface area contributed by atoms with Crippen molar-refractivity contribution in [1.29, 1.82) is 0 Å². The largest absolute Gasteiger partial charge is 0.381 e. The maximum absolute atomic E-state index is 11.7. The third-order valence-corrected chi connectivity index (χ3v) is 2.97. The van der Waals surface area contributed by atoms with Gasteiger partial charge < -0.3 is 15.4 Å². The van der Waals surface area contributed by atoms with Gasteiger partial charge in [0.05, 0.1) is 6.61 Å². The van der Waals surface area contributed by atoms with Gasteiger partial charge in [-0.25, -0.2) is 0 Å². The fourth-order valence-electron chi connectivity index (χ4n) is 1.81. The molecule has 0 radical (unpaired) electrons. The lowest BCUT2D eigenvalue weighted by atomic mass is 10.1. The number of nitrogens with one attached hydrogen (secondary N) is 2. The Balaban J connectivity index is 2.29. The maximum atomic E-state index is 11.7. The van der Waals surface area contributed by atoms with Crippen LogP contribution in [0, 0.1) is 5.92 Å². The van der Waals surface area contributed by atoms with Crippen molar-refractivity contribution in [3.63, 3.8) is 0 Å². The Morgan fingerprint density at radius 3 is 2.41 bits per heavy atom. The molecular weight excluding hydrogens is 280 g/mol. The molecular formula is C17H26N2O3. The highest BCUT2D eigenvalue weighted by Gasteiger charge is 2.05. The first kappa shape index (κ1) is 18.2. The van der Waals surface area contributed by atoms with E-state index in [1.54, 1.807) is 12.1 Å². The molecule has 0 saturated carbocycles. The zero-order valence-electron chi connectivity index (χ0n) is 13.6. The highest BCUT2D eigenvalue weighted by Crippen LogP contribution is 2.04. The van der Waals surface area contributed by atoms with Crippen LogP contribution < -0.4 is 10.6 Å². The number of hydrogen-bond acceptors (Lipinski definition) is 3. The number of hydrogen-bond donors (Lipinski definition) is 2. The fraction of sp³-hybridized carbons (Fsp3) is 0.529. The summed E-state index contributed by atoms with van der Waals surface area (Å²) in [5, 5.41) is 5.59. The summed E-state index contributed by atoms with van der Waals surface area (Å²) in [6, 6.07) is 7.22. The first-order chi connectivity index (χ1) is 10.5. The quantitative estimate of drug-likeness (QED) is 0.687. The molecule has 0 saturated heterocycles. The summed E-state index contributed by atoms with van der Waals surface area (Å²) < 4.78 is 5.38. The minimum Gasteiger partial charge on any atom is -0.381 e. The molecule has 0 aromatic heterocycles. The van der Waals surface area contributed by atoms with Gasteiger partial charge in [-0.3, -0.25) is 9.59 Å². The zero-order chi connectivity index (χ0) is 16.4. The molecule has 2 amide bonds. The highest BCUT2D eigenvalue weighted by molar-refractivity contribution is 5.94. The Labute approximate surface area is 132 Å². The standard InChI is InChI=1S/C17H26N2O3/c1-4-18-17(21)15-7-5-14(6-8-15)11-19-16(20)9-10-22-12-13(2)3/h5-8,13H,4,9-12H2,1-3H3,(H,18,21)(H,19,20). The zero-order valence-corrected chi connectivity index (χ0v) is 13.6. The second kappa shape index (κ2) is 9.95. The number of ether oxygens (including phenoxy) is 1. The van der Waals surface area contributed by atoms with Gasteiger partial charge in [0.1, 0.15) is 0 Å². The molecule has 0 aliphatic rings. The van der Waals surface area contributed by atoms with Gasteiger partial charge in [-0.2, -0.15) is 0 Å². The van der Waals surface area contributed by atoms with Gasteiger partial charge in [0.15, 0.2) is 0 Å². The average molecular weight is 306 g/mol. The van der Waals surface area contributed by atoms with Crippen LogP contribution >= 0.6 is 0 Å². The van der Waals surface area contributed by atoms with E-state index < -0.39 is 0 Å². The molecule has 1 aromatic rings. The maximum Gasteiger partial charge on any atom is 0.251 e. The minimum atomic E-state index is -0.0830. The van der Waals surface area contributed by atoms with Crippen LogP contribution in [0.5, 0.6) is 0 Å². The van der Waals surface area contributed by atoms with Gasteiger partial charge in [0.25, 0.3) is 5.91 Å². The predicted molar refractivity (Wildman–Crippen MR) is 86.6 cm³/mol. The first-order valence-corrected chi connectivity index (χ1v) is 7.74. The second-order valence-electron chi connectivity index (χ2n) is 5.55. The molecule has 0 aliphatic carbocycles. The van der Waals surface area contributed by atoms with Crippen LogP contribution in [0.15, 0.2) is 24.3 Å². The van der Waals surface area contributed by atoms with E-state index in [-0.39, 0.29) is 11.8 Å². The Kier molecular flexibility index (Phi) is 8.22. The van der Waals surface area contributed by atoms with E-state index in [9.17, 15) is 9.59 Å². The van der Waals surface area contributed by atoms with Gasteiger partial charge >= 0.3 is 0 Å². The van der Waals surface area contributed by atoms with Crippen molar-refractivity contribution in [1.82, 2.24) is 10.6 Å². The molecule has 1 rings (SSSR count). The van der Waals surface area contributed by atoms with Gasteiger partial charge in [-0.1, -0.05) is 26.0 Å². The van der Waals surface area contributed by atoms with Crippen LogP contribution in [0.1, 0.15) is 43.1 Å². The van der Waals surface area contributed by atoms with E-state index in [1.807, 2.05) is 19.1 Å². The fourth-order valence-corrected chi connectivity index (χ4v) is 1.81. The highest BCUT2D eigenvalue weighted by atomic mass is 16.5. The van der Waals surface area contributed by atoms with Gasteiger partial charge in [-0.05, 0) is 30.5 Å². The molecule has 22 heavy (non-hydrogen) atoms. The van der Waals surface area contributed by atoms with Gasteiger partial charge in [0.2, 0.25) is 5.91 Å². The summed E-state index contributed by atoms with van der Waals surface area (Å²) in [7, 11) is 0. The van der Waals surface area contributed by atoms with Crippen molar-refractivity contribution >= 4 is 11.8 Å². The van der Waals surface area contributed by atoms with E-state index in [2.05, 4.69) is 24.5 Å². The average Bonchev–Trinajstić information content (AvgIpc) is 2.50. The number of benzene rings is 1. The Morgan fingerprint density at radius 1 is 1.14 bits per heavy atom. The smallest absolute Gasteiger partial charge is 0.251 e. The third kappa shape index (κ3) is 7.22. The van der Waals surface area contributed by atoms with E-state index >= 15 is 0 Å². The predicted octanol–water partition coefficient (Wildman–Crippen LogP) is 2.12. The summed E-state index contributed by atoms with van der Waals surface area (Å²) >= 11 is 0. The van der Waals surface area contributed by atoms with Gasteiger partial charge in [0, 0.05) is 31.7 Å². The number of amides is 2. The van der Waals surface area contributed by atoms with Crippen molar-refractivity contribution in [2.45, 2.75) is 33.7 Å². The lowest BCUT2D eigenvalue weighted by molar-refractivity contribution is -0.122. The first-order valence-electron chi connectivity index (χ1n) is 7.74. The van der Waals surface area contributed by atoms with Crippen LogP contribution in [0.25, 0.3) is 0 Å². The van der Waals surface area contributed by atoms with Crippen LogP contribution in [-0.2, 0) is 16.1 Å². The Morgan fingerprint density at radius 2 is 1.82 bits per heavy atom. The topological polar surface area (TPSA) is 67.4 Å². The van der Waals surface area contributed by atoms with Crippen molar-refractivity contribution in [2.75, 3.05) is 19.8 Å². The number of carbonyl (C=O) groups excluding carboxylic acids is 2. The lowest BCUT2D eigenvalue weighted by Crippen LogP contribution is -2.24. The number of rotatable bonds is 9. The molecule has 0 unspecified atom stereocenters. The second-order valence-corrected chi connectivity index (χ2v) is 5.55. The van der Waals surface area contributed by atoms with Crippen molar-refractivity contribution in [2.24, 2.45) is 5.92 Å². The summed E-state index contributed by atoms with van der Waals surface area (Å²) in [5.74, 6) is 0.364. The molecule has 1 aromatic carbocycles. The van der Waals surface area contributed by atoms with E-state index in [4.69, 9.17) is 4.74 Å². The van der Waals surface area contributed by atoms with Crippen molar-refractivity contribution in [3.05, 3.63) is 35.4 Å². The molecule has 5 nitrogen and oxygen atoms in total.